The summed E-state index contributed by atoms with van der Waals surface area (Å²) in [6, 6.07) is 86.5. The van der Waals surface area contributed by atoms with Crippen LogP contribution in [0.4, 0.5) is 0 Å². The van der Waals surface area contributed by atoms with Crippen LogP contribution in [-0.4, -0.2) is 14.1 Å². The first-order chi connectivity index (χ1) is 36.1. The smallest absolute Gasteiger partial charge is 0.227 e. The molecule has 0 aliphatic rings. The summed E-state index contributed by atoms with van der Waals surface area (Å²) < 4.78 is 16.6. The van der Waals surface area contributed by atoms with Gasteiger partial charge in [0.05, 0.1) is 22.1 Å². The summed E-state index contributed by atoms with van der Waals surface area (Å²) in [6.07, 6.45) is 0. The molecular weight excluding hydrogens is 927 g/mol. The minimum atomic E-state index is 0.617. The van der Waals surface area contributed by atoms with E-state index in [0.717, 1.165) is 61.0 Å². The molecule has 0 saturated carbocycles. The molecule has 0 saturated heterocycles. The fourth-order valence-corrected chi connectivity index (χ4v) is 13.7. The monoisotopic (exact) mass is 965 g/mol. The third-order valence-corrected chi connectivity index (χ3v) is 17.2. The molecule has 6 heteroatoms. The zero-order chi connectivity index (χ0) is 47.7. The topological polar surface area (TPSA) is 35.9 Å². The van der Waals surface area contributed by atoms with Crippen molar-refractivity contribution in [3.05, 3.63) is 237 Å². The molecule has 0 unspecified atom stereocenters. The van der Waals surface area contributed by atoms with Gasteiger partial charge in [-0.15, -0.1) is 22.7 Å². The molecule has 0 radical (unpaired) electrons. The van der Waals surface area contributed by atoms with Crippen molar-refractivity contribution in [2.75, 3.05) is 0 Å². The normalized spacial score (nSPS) is 12.1. The van der Waals surface area contributed by atoms with Gasteiger partial charge in [-0.2, -0.15) is 0 Å². The number of oxazole rings is 1. The summed E-state index contributed by atoms with van der Waals surface area (Å²) in [5.74, 6) is 0.617. The van der Waals surface area contributed by atoms with Gasteiger partial charge in [-0.25, -0.2) is 4.98 Å². The van der Waals surface area contributed by atoms with Crippen LogP contribution >= 0.6 is 22.7 Å². The molecule has 73 heavy (non-hydrogen) atoms. The maximum atomic E-state index is 6.54. The van der Waals surface area contributed by atoms with Crippen LogP contribution in [0.2, 0.25) is 0 Å². The van der Waals surface area contributed by atoms with Crippen LogP contribution in [0.3, 0.4) is 0 Å². The highest BCUT2D eigenvalue weighted by Crippen LogP contribution is 2.43. The highest BCUT2D eigenvalue weighted by atomic mass is 32.1. The summed E-state index contributed by atoms with van der Waals surface area (Å²) >= 11 is 3.71. The van der Waals surface area contributed by atoms with Crippen LogP contribution in [0.1, 0.15) is 0 Å². The average Bonchev–Trinajstić information content (AvgIpc) is 4.28. The lowest BCUT2D eigenvalue weighted by molar-refractivity contribution is 0.620. The van der Waals surface area contributed by atoms with E-state index in [0.29, 0.717) is 5.89 Å². The van der Waals surface area contributed by atoms with Gasteiger partial charge in [-0.05, 0) is 149 Å². The van der Waals surface area contributed by atoms with Crippen LogP contribution in [0.5, 0.6) is 0 Å². The van der Waals surface area contributed by atoms with Crippen molar-refractivity contribution < 1.29 is 4.42 Å². The molecule has 5 aromatic heterocycles. The molecule has 0 amide bonds. The molecule has 0 spiro atoms. The molecule has 0 atom stereocenters. The first-order valence-corrected chi connectivity index (χ1v) is 26.3. The fraction of sp³-hybridized carbons (Fsp3) is 0. The van der Waals surface area contributed by atoms with Crippen LogP contribution < -0.4 is 0 Å². The number of rotatable bonds is 6. The average molecular weight is 966 g/mol. The molecule has 0 aliphatic heterocycles. The Hall–Kier alpha value is -9.07. The predicted octanol–water partition coefficient (Wildman–Crippen LogP) is 19.4. The Morgan fingerprint density at radius 1 is 0.288 bits per heavy atom. The Morgan fingerprint density at radius 3 is 1.34 bits per heavy atom. The Bertz CT molecular complexity index is 4930. The lowest BCUT2D eigenvalue weighted by Crippen LogP contribution is -1.95. The molecule has 0 aliphatic carbocycles. The minimum absolute atomic E-state index is 0.617. The predicted molar refractivity (Wildman–Crippen MR) is 310 cm³/mol. The van der Waals surface area contributed by atoms with Gasteiger partial charge in [0.1, 0.15) is 5.52 Å². The summed E-state index contributed by atoms with van der Waals surface area (Å²) in [6.45, 7) is 0. The molecule has 4 nitrogen and oxygen atoms in total. The zero-order valence-electron chi connectivity index (χ0n) is 39.1. The molecule has 0 bridgehead atoms. The molecule has 0 fully saturated rings. The largest absolute Gasteiger partial charge is 0.436 e. The Labute approximate surface area is 426 Å². The maximum Gasteiger partial charge on any atom is 0.227 e. The number of hydrogen-bond acceptors (Lipinski definition) is 4. The molecule has 16 aromatic rings. The first-order valence-electron chi connectivity index (χ1n) is 24.7. The van der Waals surface area contributed by atoms with Crippen molar-refractivity contribution >= 4 is 118 Å². The van der Waals surface area contributed by atoms with E-state index in [1.807, 2.05) is 53.0 Å². The van der Waals surface area contributed by atoms with Crippen LogP contribution in [0, 0.1) is 0 Å². The molecule has 11 aromatic carbocycles. The lowest BCUT2D eigenvalue weighted by atomic mass is 10.0. The van der Waals surface area contributed by atoms with E-state index >= 15 is 0 Å². The highest BCUT2D eigenvalue weighted by molar-refractivity contribution is 7.26. The molecule has 340 valence electrons. The maximum absolute atomic E-state index is 6.54. The minimum Gasteiger partial charge on any atom is -0.436 e. The summed E-state index contributed by atoms with van der Waals surface area (Å²) in [7, 11) is 0. The van der Waals surface area contributed by atoms with Crippen molar-refractivity contribution in [3.63, 3.8) is 0 Å². The Morgan fingerprint density at radius 2 is 0.726 bits per heavy atom. The van der Waals surface area contributed by atoms with E-state index in [4.69, 9.17) is 9.40 Å². The number of thiophene rings is 2. The van der Waals surface area contributed by atoms with Gasteiger partial charge in [0.25, 0.3) is 0 Å². The van der Waals surface area contributed by atoms with Crippen molar-refractivity contribution in [3.8, 4) is 56.2 Å². The van der Waals surface area contributed by atoms with E-state index in [-0.39, 0.29) is 0 Å². The number of benzene rings is 11. The molecule has 5 heterocycles. The van der Waals surface area contributed by atoms with Gasteiger partial charge < -0.3 is 13.6 Å². The molecule has 0 N–H and O–H groups in total. The lowest BCUT2D eigenvalue weighted by Gasteiger charge is -2.12. The third kappa shape index (κ3) is 6.34. The van der Waals surface area contributed by atoms with E-state index in [2.05, 4.69) is 215 Å². The number of para-hydroxylation sites is 1. The second-order valence-corrected chi connectivity index (χ2v) is 21.3. The van der Waals surface area contributed by atoms with Gasteiger partial charge in [-0.3, -0.25) is 0 Å². The SMILES string of the molecule is c1ccc(-c2nc3cc4c(cc3o2)c2cc(-c3ccc5c(c3)c3ccccc3n5-c3cccc(-c5ccc6sc7ccccc7c6c5)c3)ccc2n4-c2cccc(-c3ccc4sc5ccccc5c4c3)c2)cc1. The van der Waals surface area contributed by atoms with E-state index < -0.39 is 0 Å². The van der Waals surface area contributed by atoms with Gasteiger partial charge >= 0.3 is 0 Å². The number of nitrogens with zero attached hydrogens (tertiary/aromatic N) is 3. The highest BCUT2D eigenvalue weighted by Gasteiger charge is 2.20. The van der Waals surface area contributed by atoms with Crippen molar-refractivity contribution in [1.82, 2.24) is 14.1 Å². The number of aromatic nitrogens is 3. The standard InChI is InChI=1S/C67H39N3OS2/c1-2-12-40(13-3-1)67-68-57-39-61-54(38-62(57)71-67)53-35-44(25-29-60(53)70(61)48-17-11-15-42(33-48)46-27-31-66-56(37-46)51-20-6-9-23-64(51)73-66)43-24-28-59-52(34-43)49-18-4-7-21-58(49)69(59)47-16-10-14-41(32-47)45-26-30-65-55(36-45)50-19-5-8-22-63(50)72-65/h1-39H. The Kier molecular flexibility index (Phi) is 8.75. The number of hydrogen-bond donors (Lipinski definition) is 0. The van der Waals surface area contributed by atoms with Gasteiger partial charge in [-0.1, -0.05) is 121 Å². The van der Waals surface area contributed by atoms with Gasteiger partial charge in [0, 0.05) is 78.8 Å². The van der Waals surface area contributed by atoms with E-state index in [1.54, 1.807) is 0 Å². The fourth-order valence-electron chi connectivity index (χ4n) is 11.5. The van der Waals surface area contributed by atoms with Crippen LogP contribution in [0.25, 0.3) is 151 Å². The summed E-state index contributed by atoms with van der Waals surface area (Å²) in [5.41, 5.74) is 16.4. The molecular formula is C67H39N3OS2. The van der Waals surface area contributed by atoms with Crippen LogP contribution in [0.15, 0.2) is 241 Å². The van der Waals surface area contributed by atoms with Gasteiger partial charge in [0.2, 0.25) is 5.89 Å². The zero-order valence-corrected chi connectivity index (χ0v) is 40.7. The second kappa shape index (κ2) is 15.7. The second-order valence-electron chi connectivity index (χ2n) is 19.1. The Balaban J connectivity index is 0.842. The third-order valence-electron chi connectivity index (χ3n) is 14.9. The summed E-state index contributed by atoms with van der Waals surface area (Å²) in [5, 5.41) is 9.93. The van der Waals surface area contributed by atoms with Gasteiger partial charge in [0.15, 0.2) is 5.58 Å². The van der Waals surface area contributed by atoms with Crippen molar-refractivity contribution in [2.24, 2.45) is 0 Å². The number of fused-ring (bicyclic) bond motifs is 13. The summed E-state index contributed by atoms with van der Waals surface area (Å²) in [4.78, 5) is 5.05. The van der Waals surface area contributed by atoms with E-state index in [1.165, 1.54) is 84.4 Å². The van der Waals surface area contributed by atoms with Crippen LogP contribution in [-0.2, 0) is 0 Å². The quantitative estimate of drug-likeness (QED) is 0.166. The molecule has 16 rings (SSSR count). The van der Waals surface area contributed by atoms with Crippen molar-refractivity contribution in [2.45, 2.75) is 0 Å². The van der Waals surface area contributed by atoms with E-state index in [9.17, 15) is 0 Å². The first kappa shape index (κ1) is 40.6. The van der Waals surface area contributed by atoms with Crippen molar-refractivity contribution in [1.29, 1.82) is 0 Å².